The summed E-state index contributed by atoms with van der Waals surface area (Å²) in [7, 11) is 0. The van der Waals surface area contributed by atoms with Gasteiger partial charge in [0.2, 0.25) is 0 Å². The molecule has 1 fully saturated rings. The molecule has 0 unspecified atom stereocenters. The molecular weight excluding hydrogens is 454 g/mol. The summed E-state index contributed by atoms with van der Waals surface area (Å²) in [5.41, 5.74) is 17.0. The minimum atomic E-state index is 0.391. The molecule has 4 rings (SSSR count). The number of hydrogen-bond acceptors (Lipinski definition) is 7. The molecule has 0 atom stereocenters. The molecule has 6 N–H and O–H groups in total. The number of rotatable bonds is 8. The molecular formula is C28H39N5OS. The lowest BCUT2D eigenvalue weighted by molar-refractivity contribution is 0.159. The average Bonchev–Trinajstić information content (AvgIpc) is 3.24. The fourth-order valence-corrected chi connectivity index (χ4v) is 5.89. The van der Waals surface area contributed by atoms with Gasteiger partial charge in [0.1, 0.15) is 22.3 Å². The van der Waals surface area contributed by atoms with Crippen LogP contribution in [0.15, 0.2) is 58.3 Å². The summed E-state index contributed by atoms with van der Waals surface area (Å²) < 4.78 is 6.32. The second-order valence-electron chi connectivity index (χ2n) is 9.45. The Labute approximate surface area is 214 Å². The Morgan fingerprint density at radius 2 is 1.77 bits per heavy atom. The fraction of sp³-hybridized carbons (Fsp3) is 0.429. The molecule has 0 aromatic heterocycles. The van der Waals surface area contributed by atoms with E-state index in [0.29, 0.717) is 22.9 Å². The highest BCUT2D eigenvalue weighted by Gasteiger charge is 2.27. The Balaban J connectivity index is 1.44. The van der Waals surface area contributed by atoms with Crippen LogP contribution in [0.4, 0.5) is 0 Å². The molecule has 1 heterocycles. The third kappa shape index (κ3) is 5.90. The van der Waals surface area contributed by atoms with Crippen molar-refractivity contribution in [2.45, 2.75) is 65.5 Å². The molecule has 0 radical (unpaired) electrons. The maximum Gasteiger partial charge on any atom is 0.136 e. The van der Waals surface area contributed by atoms with Gasteiger partial charge in [-0.15, -0.1) is 0 Å². The lowest BCUT2D eigenvalue weighted by Crippen LogP contribution is -2.43. The zero-order valence-corrected chi connectivity index (χ0v) is 22.2. The first kappa shape index (κ1) is 25.3. The van der Waals surface area contributed by atoms with Crippen molar-refractivity contribution in [2.24, 2.45) is 11.5 Å². The Bertz CT molecular complexity index is 1100. The summed E-state index contributed by atoms with van der Waals surface area (Å²) in [6.45, 7) is 10.9. The molecule has 0 amide bonds. The molecule has 2 aromatic carbocycles. The van der Waals surface area contributed by atoms with E-state index in [-0.39, 0.29) is 0 Å². The van der Waals surface area contributed by atoms with E-state index in [9.17, 15) is 0 Å². The van der Waals surface area contributed by atoms with Gasteiger partial charge in [0.15, 0.2) is 0 Å². The van der Waals surface area contributed by atoms with Crippen molar-refractivity contribution in [3.63, 3.8) is 0 Å². The number of benzene rings is 2. The molecule has 1 aliphatic carbocycles. The van der Waals surface area contributed by atoms with Crippen LogP contribution < -0.4 is 26.8 Å². The van der Waals surface area contributed by atoms with Crippen molar-refractivity contribution >= 4 is 17.5 Å². The standard InChI is InChI=1S/C28H39N5OS/c1-5-33(6-2)21-14-12-20(13-15-21)31-26(29)28-32-25(27(30)35-28)22-9-7-8-10-24(22)34-23-16-11-18(3)17-19(23)4/h7-11,16-17,20-21,31-32H,5-6,12-15,29-30H2,1-4H3. The summed E-state index contributed by atoms with van der Waals surface area (Å²) in [6, 6.07) is 15.2. The topological polar surface area (TPSA) is 88.6 Å². The van der Waals surface area contributed by atoms with E-state index in [1.54, 1.807) is 0 Å². The van der Waals surface area contributed by atoms with Gasteiger partial charge in [-0.1, -0.05) is 43.7 Å². The van der Waals surface area contributed by atoms with Crippen LogP contribution in [0.2, 0.25) is 0 Å². The second kappa shape index (κ2) is 11.3. The molecule has 2 aromatic rings. The van der Waals surface area contributed by atoms with Gasteiger partial charge in [-0.25, -0.2) is 0 Å². The largest absolute Gasteiger partial charge is 0.456 e. The number of nitrogens with two attached hydrogens (primary N) is 2. The highest BCUT2D eigenvalue weighted by Crippen LogP contribution is 2.40. The van der Waals surface area contributed by atoms with Crippen LogP contribution in [0.5, 0.6) is 11.5 Å². The van der Waals surface area contributed by atoms with E-state index in [1.165, 1.54) is 30.2 Å². The van der Waals surface area contributed by atoms with Gasteiger partial charge in [-0.2, -0.15) is 0 Å². The summed E-state index contributed by atoms with van der Waals surface area (Å²) in [4.78, 5) is 2.57. The van der Waals surface area contributed by atoms with E-state index < -0.39 is 0 Å². The van der Waals surface area contributed by atoms with Crippen molar-refractivity contribution in [3.05, 3.63) is 75.0 Å². The van der Waals surface area contributed by atoms with Crippen molar-refractivity contribution in [3.8, 4) is 11.5 Å². The fourth-order valence-electron chi connectivity index (χ4n) is 5.09. The first-order chi connectivity index (χ1) is 16.9. The number of aryl methyl sites for hydroxylation is 2. The lowest BCUT2D eigenvalue weighted by Gasteiger charge is -2.36. The Kier molecular flexibility index (Phi) is 8.19. The summed E-state index contributed by atoms with van der Waals surface area (Å²) in [6.07, 6.45) is 4.67. The van der Waals surface area contributed by atoms with E-state index in [1.807, 2.05) is 30.3 Å². The smallest absolute Gasteiger partial charge is 0.136 e. The molecule has 35 heavy (non-hydrogen) atoms. The Hall–Kier alpha value is -2.77. The summed E-state index contributed by atoms with van der Waals surface area (Å²) in [5.74, 6) is 2.25. The van der Waals surface area contributed by atoms with Gasteiger partial charge in [-0.3, -0.25) is 0 Å². The summed E-state index contributed by atoms with van der Waals surface area (Å²) in [5, 5.41) is 8.56. The third-order valence-electron chi connectivity index (χ3n) is 7.03. The number of hydrogen-bond donors (Lipinski definition) is 4. The van der Waals surface area contributed by atoms with Crippen LogP contribution in [0, 0.1) is 13.8 Å². The SMILES string of the molecule is CCN(CC)C1CCC(NC(N)=C2NC(c3ccccc3Oc3ccc(C)cc3C)=C(N)S2)CC1. The maximum atomic E-state index is 6.52. The number of thioether (sulfide) groups is 1. The Morgan fingerprint density at radius 3 is 2.46 bits per heavy atom. The van der Waals surface area contributed by atoms with Crippen LogP contribution in [0.3, 0.4) is 0 Å². The summed E-state index contributed by atoms with van der Waals surface area (Å²) >= 11 is 1.47. The molecule has 1 saturated carbocycles. The van der Waals surface area contributed by atoms with E-state index in [0.717, 1.165) is 59.3 Å². The molecule has 0 spiro atoms. The van der Waals surface area contributed by atoms with E-state index in [2.05, 4.69) is 55.4 Å². The van der Waals surface area contributed by atoms with Crippen LogP contribution in [0.1, 0.15) is 56.2 Å². The van der Waals surface area contributed by atoms with Gasteiger partial charge >= 0.3 is 0 Å². The van der Waals surface area contributed by atoms with E-state index >= 15 is 0 Å². The average molecular weight is 494 g/mol. The zero-order chi connectivity index (χ0) is 24.9. The highest BCUT2D eigenvalue weighted by atomic mass is 32.2. The molecule has 6 nitrogen and oxygen atoms in total. The van der Waals surface area contributed by atoms with Gasteiger partial charge in [-0.05, 0) is 88.1 Å². The normalized spacial score (nSPS) is 21.7. The quantitative estimate of drug-likeness (QED) is 0.394. The third-order valence-corrected chi connectivity index (χ3v) is 7.98. The van der Waals surface area contributed by atoms with Crippen molar-refractivity contribution in [1.29, 1.82) is 0 Å². The first-order valence-corrected chi connectivity index (χ1v) is 13.5. The lowest BCUT2D eigenvalue weighted by atomic mass is 9.90. The number of ether oxygens (including phenoxy) is 1. The van der Waals surface area contributed by atoms with Crippen LogP contribution >= 0.6 is 11.8 Å². The molecule has 188 valence electrons. The van der Waals surface area contributed by atoms with Crippen molar-refractivity contribution in [2.75, 3.05) is 13.1 Å². The Morgan fingerprint density at radius 1 is 1.06 bits per heavy atom. The van der Waals surface area contributed by atoms with Crippen LogP contribution in [-0.4, -0.2) is 30.1 Å². The first-order valence-electron chi connectivity index (χ1n) is 12.7. The van der Waals surface area contributed by atoms with Crippen LogP contribution in [0.25, 0.3) is 5.70 Å². The molecule has 7 heteroatoms. The number of para-hydroxylation sites is 1. The van der Waals surface area contributed by atoms with Crippen LogP contribution in [-0.2, 0) is 0 Å². The minimum Gasteiger partial charge on any atom is -0.456 e. The zero-order valence-electron chi connectivity index (χ0n) is 21.4. The highest BCUT2D eigenvalue weighted by molar-refractivity contribution is 8.07. The minimum absolute atomic E-state index is 0.391. The monoisotopic (exact) mass is 493 g/mol. The second-order valence-corrected chi connectivity index (χ2v) is 10.5. The maximum absolute atomic E-state index is 6.52. The van der Waals surface area contributed by atoms with Crippen molar-refractivity contribution in [1.82, 2.24) is 15.5 Å². The predicted molar refractivity (Wildman–Crippen MR) is 148 cm³/mol. The van der Waals surface area contributed by atoms with E-state index in [4.69, 9.17) is 16.2 Å². The number of nitrogens with zero attached hydrogens (tertiary/aromatic N) is 1. The van der Waals surface area contributed by atoms with Gasteiger partial charge in [0, 0.05) is 17.6 Å². The van der Waals surface area contributed by atoms with Gasteiger partial charge < -0.3 is 31.7 Å². The molecule has 1 aliphatic heterocycles. The van der Waals surface area contributed by atoms with Gasteiger partial charge in [0.05, 0.1) is 10.7 Å². The molecule has 0 bridgehead atoms. The van der Waals surface area contributed by atoms with Gasteiger partial charge in [0.25, 0.3) is 0 Å². The predicted octanol–water partition coefficient (Wildman–Crippen LogP) is 5.34. The van der Waals surface area contributed by atoms with Crippen molar-refractivity contribution < 1.29 is 4.74 Å². The number of nitrogens with one attached hydrogen (secondary N) is 2. The molecule has 0 saturated heterocycles. The molecule has 2 aliphatic rings.